The average molecular weight is 485 g/mol. The van der Waals surface area contributed by atoms with Gasteiger partial charge in [-0.2, -0.15) is 10.2 Å². The molecule has 0 bridgehead atoms. The molecule has 36 heavy (non-hydrogen) atoms. The first kappa shape index (κ1) is 25.2. The second kappa shape index (κ2) is 12.2. The highest BCUT2D eigenvalue weighted by molar-refractivity contribution is 6.23. The number of nitrogens with two attached hydrogens (primary N) is 2. The fraction of sp³-hybridized carbons (Fsp3) is 0. The van der Waals surface area contributed by atoms with Gasteiger partial charge in [0.15, 0.2) is 0 Å². The number of rotatable bonds is 8. The van der Waals surface area contributed by atoms with Gasteiger partial charge in [-0.1, -0.05) is 60.7 Å². The quantitative estimate of drug-likeness (QED) is 0.0939. The zero-order chi connectivity index (χ0) is 25.9. The third kappa shape index (κ3) is 6.35. The van der Waals surface area contributed by atoms with Crippen LogP contribution in [0.25, 0.3) is 11.5 Å². The van der Waals surface area contributed by atoms with Crippen molar-refractivity contribution in [3.8, 4) is 0 Å². The van der Waals surface area contributed by atoms with Gasteiger partial charge in [0.2, 0.25) is 0 Å². The van der Waals surface area contributed by atoms with Gasteiger partial charge in [-0.3, -0.25) is 9.59 Å². The van der Waals surface area contributed by atoms with Crippen molar-refractivity contribution < 1.29 is 19.8 Å². The zero-order valence-corrected chi connectivity index (χ0v) is 19.0. The largest absolute Gasteiger partial charge is 0.506 e. The first-order chi connectivity index (χ1) is 17.4. The van der Waals surface area contributed by atoms with Gasteiger partial charge in [0, 0.05) is 22.5 Å². The third-order valence-corrected chi connectivity index (χ3v) is 4.90. The third-order valence-electron chi connectivity index (χ3n) is 4.90. The van der Waals surface area contributed by atoms with Crippen LogP contribution in [0.5, 0.6) is 0 Å². The van der Waals surface area contributed by atoms with Crippen molar-refractivity contribution >= 4 is 47.1 Å². The Bertz CT molecular complexity index is 1230. The molecule has 0 aliphatic carbocycles. The molecule has 0 aromatic heterocycles. The molecule has 0 saturated heterocycles. The van der Waals surface area contributed by atoms with E-state index in [1.807, 2.05) is 0 Å². The van der Waals surface area contributed by atoms with Crippen LogP contribution in [0.3, 0.4) is 0 Å². The molecule has 182 valence electrons. The highest BCUT2D eigenvalue weighted by atomic mass is 16.3. The molecule has 0 fully saturated rings. The van der Waals surface area contributed by atoms with Crippen molar-refractivity contribution in [1.82, 2.24) is 0 Å². The van der Waals surface area contributed by atoms with Crippen LogP contribution in [-0.4, -0.2) is 34.5 Å². The Hall–Kier alpha value is -5.38. The highest BCUT2D eigenvalue weighted by Crippen LogP contribution is 2.20. The Morgan fingerprint density at radius 3 is 1.25 bits per heavy atom. The van der Waals surface area contributed by atoms with Gasteiger partial charge in [-0.25, -0.2) is 0 Å². The van der Waals surface area contributed by atoms with Crippen LogP contribution in [0.2, 0.25) is 0 Å². The van der Waals surface area contributed by atoms with Crippen LogP contribution in [0.15, 0.2) is 106 Å². The van der Waals surface area contributed by atoms with Gasteiger partial charge in [-0.15, -0.1) is 0 Å². The van der Waals surface area contributed by atoms with Crippen LogP contribution >= 0.6 is 0 Å². The van der Waals surface area contributed by atoms with E-state index in [1.54, 1.807) is 84.9 Å². The number of amides is 2. The van der Waals surface area contributed by atoms with Crippen molar-refractivity contribution in [3.63, 3.8) is 0 Å². The summed E-state index contributed by atoms with van der Waals surface area (Å²) in [7, 11) is 0. The maximum Gasteiger partial charge on any atom is 0.261 e. The number of hydrazone groups is 2. The SMILES string of the molecule is N/N=C\C(C(=O)Nc1ccc(NC(=O)C(/C=N\N)=C(/O)c2ccccc2)cc1)=C(/O)c1ccccc1. The summed E-state index contributed by atoms with van der Waals surface area (Å²) in [4.78, 5) is 25.5. The Labute approximate surface area is 207 Å². The van der Waals surface area contributed by atoms with E-state index in [4.69, 9.17) is 11.7 Å². The molecule has 2 amide bonds. The predicted molar refractivity (Wildman–Crippen MR) is 141 cm³/mol. The van der Waals surface area contributed by atoms with E-state index in [0.717, 1.165) is 12.4 Å². The molecule has 0 atom stereocenters. The Morgan fingerprint density at radius 2 is 0.944 bits per heavy atom. The van der Waals surface area contributed by atoms with Gasteiger partial charge in [0.05, 0.1) is 12.4 Å². The molecule has 8 N–H and O–H groups in total. The number of carbonyl (C=O) groups is 2. The maximum atomic E-state index is 12.7. The van der Waals surface area contributed by atoms with Crippen molar-refractivity contribution in [2.45, 2.75) is 0 Å². The monoisotopic (exact) mass is 484 g/mol. The molecule has 0 heterocycles. The van der Waals surface area contributed by atoms with Crippen molar-refractivity contribution in [2.24, 2.45) is 21.9 Å². The van der Waals surface area contributed by atoms with Gasteiger partial charge >= 0.3 is 0 Å². The second-order valence-electron chi connectivity index (χ2n) is 7.30. The minimum Gasteiger partial charge on any atom is -0.506 e. The topological polar surface area (TPSA) is 175 Å². The van der Waals surface area contributed by atoms with E-state index in [1.165, 1.54) is 0 Å². The number of hydrogen-bond donors (Lipinski definition) is 6. The highest BCUT2D eigenvalue weighted by Gasteiger charge is 2.17. The lowest BCUT2D eigenvalue weighted by molar-refractivity contribution is -0.113. The summed E-state index contributed by atoms with van der Waals surface area (Å²) in [6.45, 7) is 0. The van der Waals surface area contributed by atoms with Crippen LogP contribution < -0.4 is 22.3 Å². The predicted octanol–water partition coefficient (Wildman–Crippen LogP) is 3.39. The van der Waals surface area contributed by atoms with Crippen molar-refractivity contribution in [1.29, 1.82) is 0 Å². The smallest absolute Gasteiger partial charge is 0.261 e. The van der Waals surface area contributed by atoms with E-state index < -0.39 is 11.8 Å². The maximum absolute atomic E-state index is 12.7. The minimum atomic E-state index is -0.639. The van der Waals surface area contributed by atoms with Crippen LogP contribution in [0, 0.1) is 0 Å². The minimum absolute atomic E-state index is 0.131. The molecule has 10 heteroatoms. The summed E-state index contributed by atoms with van der Waals surface area (Å²) < 4.78 is 0. The fourth-order valence-electron chi connectivity index (χ4n) is 3.14. The molecule has 0 unspecified atom stereocenters. The number of carbonyl (C=O) groups excluding carboxylic acids is 2. The first-order valence-corrected chi connectivity index (χ1v) is 10.6. The number of aliphatic hydroxyl groups is 2. The number of nitrogens with zero attached hydrogens (tertiary/aromatic N) is 2. The molecule has 3 aromatic carbocycles. The Kier molecular flexibility index (Phi) is 8.55. The molecule has 0 spiro atoms. The number of aliphatic hydroxyl groups excluding tert-OH is 2. The molecule has 10 nitrogen and oxygen atoms in total. The molecule has 0 aliphatic rings. The van der Waals surface area contributed by atoms with Gasteiger partial charge in [0.1, 0.15) is 22.7 Å². The lowest BCUT2D eigenvalue weighted by atomic mass is 10.1. The van der Waals surface area contributed by atoms with Crippen molar-refractivity contribution in [2.75, 3.05) is 10.6 Å². The van der Waals surface area contributed by atoms with E-state index in [9.17, 15) is 19.8 Å². The molecular weight excluding hydrogens is 460 g/mol. The van der Waals surface area contributed by atoms with Crippen LogP contribution in [0.4, 0.5) is 11.4 Å². The molecule has 0 radical (unpaired) electrons. The number of benzene rings is 3. The van der Waals surface area contributed by atoms with E-state index in [2.05, 4.69) is 20.8 Å². The number of nitrogens with one attached hydrogen (secondary N) is 2. The van der Waals surface area contributed by atoms with Gasteiger partial charge in [0.25, 0.3) is 11.8 Å². The van der Waals surface area contributed by atoms with Crippen LogP contribution in [0.1, 0.15) is 11.1 Å². The summed E-state index contributed by atoms with van der Waals surface area (Å²) in [5.41, 5.74) is 1.34. The molecule has 3 rings (SSSR count). The zero-order valence-electron chi connectivity index (χ0n) is 19.0. The lowest BCUT2D eigenvalue weighted by Gasteiger charge is -2.11. The summed E-state index contributed by atoms with van der Waals surface area (Å²) in [5, 5.41) is 33.0. The molecule has 0 saturated carbocycles. The summed E-state index contributed by atoms with van der Waals surface area (Å²) in [6, 6.07) is 23.1. The summed E-state index contributed by atoms with van der Waals surface area (Å²) in [5.74, 6) is 8.57. The Morgan fingerprint density at radius 1 is 0.611 bits per heavy atom. The molecule has 3 aromatic rings. The summed E-state index contributed by atoms with van der Waals surface area (Å²) in [6.07, 6.45) is 2.11. The lowest BCUT2D eigenvalue weighted by Crippen LogP contribution is -2.18. The fourth-order valence-corrected chi connectivity index (χ4v) is 3.14. The average Bonchev–Trinajstić information content (AvgIpc) is 2.91. The first-order valence-electron chi connectivity index (χ1n) is 10.6. The molecule has 0 aliphatic heterocycles. The number of hydrogen-bond acceptors (Lipinski definition) is 8. The van der Waals surface area contributed by atoms with Crippen molar-refractivity contribution in [3.05, 3.63) is 107 Å². The Balaban J connectivity index is 1.76. The van der Waals surface area contributed by atoms with Crippen LogP contribution in [-0.2, 0) is 9.59 Å². The standard InChI is InChI=1S/C26H24N6O4/c27-29-15-21(23(33)17-7-3-1-4-8-17)25(35)31-19-11-13-20(14-12-19)32-26(36)22(16-30-28)24(34)18-9-5-2-6-10-18/h1-16,33-34H,27-28H2,(H,31,35)(H,32,36)/b23-21+,24-22+,29-15-,30-16-. The van der Waals surface area contributed by atoms with Gasteiger partial charge < -0.3 is 32.5 Å². The number of anilines is 2. The summed E-state index contributed by atoms with van der Waals surface area (Å²) >= 11 is 0. The molecular formula is C26H24N6O4. The second-order valence-corrected chi connectivity index (χ2v) is 7.30. The van der Waals surface area contributed by atoms with Gasteiger partial charge in [-0.05, 0) is 24.3 Å². The normalized spacial score (nSPS) is 12.7. The van der Waals surface area contributed by atoms with E-state index >= 15 is 0 Å². The van der Waals surface area contributed by atoms with E-state index in [0.29, 0.717) is 22.5 Å². The van der Waals surface area contributed by atoms with E-state index in [-0.39, 0.29) is 22.7 Å².